The number of hydrogen-bond donors (Lipinski definition) is 4. The van der Waals surface area contributed by atoms with E-state index in [1.54, 1.807) is 0 Å². The van der Waals surface area contributed by atoms with Gasteiger partial charge in [0.1, 0.15) is 11.9 Å². The molecule has 2 atom stereocenters. The Morgan fingerprint density at radius 2 is 1.49 bits per heavy atom. The fourth-order valence-corrected chi connectivity index (χ4v) is 5.31. The van der Waals surface area contributed by atoms with Crippen molar-refractivity contribution in [1.29, 1.82) is 5.41 Å². The van der Waals surface area contributed by atoms with Crippen molar-refractivity contribution in [2.24, 2.45) is 23.5 Å². The standard InChI is InChI=1S/C25H37N3O3.C2H4O2/c1-31-25(30)22(19-10-6-3-7-11-19)28-24(29)21(18-8-4-2-5-9-18)16-17-12-14-20(15-13-17)23(26)27;1-2(3)4/h12-15,18-19,21-22H,2-11,16H2,1H3,(H3,26,27)(H,28,29);1H3,(H,3,4)/t21?,22-;/m0./s1. The summed E-state index contributed by atoms with van der Waals surface area (Å²) in [6.07, 6.45) is 11.6. The van der Waals surface area contributed by atoms with E-state index >= 15 is 0 Å². The molecule has 0 aliphatic heterocycles. The summed E-state index contributed by atoms with van der Waals surface area (Å²) in [7, 11) is 1.40. The number of hydrogen-bond acceptors (Lipinski definition) is 5. The number of carbonyl (C=O) groups is 3. The second-order valence-electron chi connectivity index (χ2n) is 9.75. The SMILES string of the molecule is CC(=O)O.COC(=O)[C@@H](NC(=O)C(Cc1ccc(C(=N)N)cc1)C1CCCCC1)C1CCCCC1. The van der Waals surface area contributed by atoms with Gasteiger partial charge in [-0.05, 0) is 49.5 Å². The second kappa shape index (κ2) is 14.5. The van der Waals surface area contributed by atoms with E-state index in [4.69, 9.17) is 25.8 Å². The zero-order valence-electron chi connectivity index (χ0n) is 21.1. The van der Waals surface area contributed by atoms with Crippen molar-refractivity contribution in [3.63, 3.8) is 0 Å². The summed E-state index contributed by atoms with van der Waals surface area (Å²) in [5.41, 5.74) is 7.32. The number of carboxylic acids is 1. The van der Waals surface area contributed by atoms with E-state index in [1.807, 2.05) is 24.3 Å². The predicted octanol–water partition coefficient (Wildman–Crippen LogP) is 4.04. The Morgan fingerprint density at radius 1 is 1.00 bits per heavy atom. The molecule has 3 rings (SSSR count). The number of esters is 1. The van der Waals surface area contributed by atoms with E-state index in [0.29, 0.717) is 17.9 Å². The number of nitrogens with two attached hydrogens (primary N) is 1. The fraction of sp³-hybridized carbons (Fsp3) is 0.630. The van der Waals surface area contributed by atoms with Gasteiger partial charge in [0.2, 0.25) is 5.91 Å². The molecule has 0 spiro atoms. The van der Waals surface area contributed by atoms with Crippen LogP contribution < -0.4 is 11.1 Å². The highest BCUT2D eigenvalue weighted by Gasteiger charge is 2.36. The number of rotatable bonds is 8. The highest BCUT2D eigenvalue weighted by molar-refractivity contribution is 5.94. The zero-order valence-corrected chi connectivity index (χ0v) is 21.1. The van der Waals surface area contributed by atoms with Crippen molar-refractivity contribution in [1.82, 2.24) is 5.32 Å². The van der Waals surface area contributed by atoms with Gasteiger partial charge in [0.25, 0.3) is 5.97 Å². The first-order valence-corrected chi connectivity index (χ1v) is 12.7. The summed E-state index contributed by atoms with van der Waals surface area (Å²) < 4.78 is 5.06. The van der Waals surface area contributed by atoms with Gasteiger partial charge in [-0.2, -0.15) is 0 Å². The topological polar surface area (TPSA) is 143 Å². The van der Waals surface area contributed by atoms with Crippen molar-refractivity contribution in [3.05, 3.63) is 35.4 Å². The molecule has 8 heteroatoms. The first kappa shape index (κ1) is 28.3. The highest BCUT2D eigenvalue weighted by Crippen LogP contribution is 2.33. The second-order valence-corrected chi connectivity index (χ2v) is 9.75. The molecule has 2 fully saturated rings. The molecule has 1 unspecified atom stereocenters. The quantitative estimate of drug-likeness (QED) is 0.248. The molecule has 0 heterocycles. The van der Waals surface area contributed by atoms with Gasteiger partial charge in [-0.25, -0.2) is 4.79 Å². The first-order valence-electron chi connectivity index (χ1n) is 12.7. The smallest absolute Gasteiger partial charge is 0.328 e. The molecular formula is C27H41N3O5. The summed E-state index contributed by atoms with van der Waals surface area (Å²) in [5, 5.41) is 18.1. The van der Waals surface area contributed by atoms with Gasteiger partial charge in [0.15, 0.2) is 0 Å². The molecule has 1 aromatic carbocycles. The Hall–Kier alpha value is -2.90. The van der Waals surface area contributed by atoms with E-state index in [2.05, 4.69) is 5.32 Å². The number of nitrogen functional groups attached to an aromatic ring is 1. The molecule has 1 amide bonds. The minimum Gasteiger partial charge on any atom is -0.481 e. The van der Waals surface area contributed by atoms with Gasteiger partial charge in [-0.3, -0.25) is 15.0 Å². The number of nitrogens with one attached hydrogen (secondary N) is 2. The summed E-state index contributed by atoms with van der Waals surface area (Å²) >= 11 is 0. The number of benzene rings is 1. The van der Waals surface area contributed by atoms with E-state index < -0.39 is 12.0 Å². The third-order valence-electron chi connectivity index (χ3n) is 7.15. The van der Waals surface area contributed by atoms with Crippen LogP contribution in [0, 0.1) is 23.2 Å². The Morgan fingerprint density at radius 3 is 1.94 bits per heavy atom. The van der Waals surface area contributed by atoms with Crippen molar-refractivity contribution in [3.8, 4) is 0 Å². The molecule has 0 bridgehead atoms. The lowest BCUT2D eigenvalue weighted by Gasteiger charge is -2.33. The molecule has 0 radical (unpaired) electrons. The van der Waals surface area contributed by atoms with E-state index in [-0.39, 0.29) is 29.5 Å². The lowest BCUT2D eigenvalue weighted by molar-refractivity contribution is -0.148. The van der Waals surface area contributed by atoms with Crippen LogP contribution in [-0.2, 0) is 25.5 Å². The first-order chi connectivity index (χ1) is 16.7. The van der Waals surface area contributed by atoms with Crippen LogP contribution in [0.3, 0.4) is 0 Å². The molecule has 0 aromatic heterocycles. The highest BCUT2D eigenvalue weighted by atomic mass is 16.5. The van der Waals surface area contributed by atoms with Crippen LogP contribution in [0.2, 0.25) is 0 Å². The Labute approximate surface area is 208 Å². The monoisotopic (exact) mass is 487 g/mol. The fourth-order valence-electron chi connectivity index (χ4n) is 5.31. The van der Waals surface area contributed by atoms with E-state index in [1.165, 1.54) is 20.0 Å². The van der Waals surface area contributed by atoms with Gasteiger partial charge >= 0.3 is 5.97 Å². The summed E-state index contributed by atoms with van der Waals surface area (Å²) in [6, 6.07) is 7.04. The maximum Gasteiger partial charge on any atom is 0.328 e. The van der Waals surface area contributed by atoms with E-state index in [0.717, 1.165) is 63.9 Å². The minimum absolute atomic E-state index is 0.0245. The molecular weight excluding hydrogens is 446 g/mol. The molecule has 35 heavy (non-hydrogen) atoms. The maximum atomic E-state index is 13.5. The number of aliphatic carboxylic acids is 1. The van der Waals surface area contributed by atoms with Crippen LogP contribution in [0.15, 0.2) is 24.3 Å². The third kappa shape index (κ3) is 9.34. The number of amidine groups is 1. The van der Waals surface area contributed by atoms with Gasteiger partial charge in [0, 0.05) is 18.4 Å². The average Bonchev–Trinajstić information content (AvgIpc) is 2.86. The molecule has 1 aromatic rings. The Kier molecular flexibility index (Phi) is 11.7. The summed E-state index contributed by atoms with van der Waals surface area (Å²) in [6.45, 7) is 1.08. The molecule has 8 nitrogen and oxygen atoms in total. The average molecular weight is 488 g/mol. The third-order valence-corrected chi connectivity index (χ3v) is 7.15. The number of methoxy groups -OCH3 is 1. The summed E-state index contributed by atoms with van der Waals surface area (Å²) in [5.74, 6) is -0.824. The molecule has 194 valence electrons. The van der Waals surface area contributed by atoms with Crippen LogP contribution >= 0.6 is 0 Å². The Bertz CT molecular complexity index is 839. The largest absolute Gasteiger partial charge is 0.481 e. The normalized spacial score (nSPS) is 18.3. The van der Waals surface area contributed by atoms with Crippen LogP contribution in [0.1, 0.15) is 82.3 Å². The van der Waals surface area contributed by atoms with Crippen LogP contribution in [-0.4, -0.2) is 41.9 Å². The molecule has 2 aliphatic rings. The van der Waals surface area contributed by atoms with Gasteiger partial charge in [-0.1, -0.05) is 62.8 Å². The van der Waals surface area contributed by atoms with Crippen LogP contribution in [0.4, 0.5) is 0 Å². The lowest BCUT2D eigenvalue weighted by Crippen LogP contribution is -2.50. The zero-order chi connectivity index (χ0) is 25.8. The van der Waals surface area contributed by atoms with Gasteiger partial charge in [-0.15, -0.1) is 0 Å². The lowest BCUT2D eigenvalue weighted by atomic mass is 9.76. The number of ether oxygens (including phenoxy) is 1. The van der Waals surface area contributed by atoms with Crippen molar-refractivity contribution in [2.45, 2.75) is 83.6 Å². The number of carbonyl (C=O) groups excluding carboxylic acids is 2. The maximum absolute atomic E-state index is 13.5. The van der Waals surface area contributed by atoms with Crippen molar-refractivity contribution in [2.75, 3.05) is 7.11 Å². The Balaban J connectivity index is 0.00000100. The number of amides is 1. The summed E-state index contributed by atoms with van der Waals surface area (Å²) in [4.78, 5) is 35.1. The molecule has 0 saturated heterocycles. The van der Waals surface area contributed by atoms with Crippen molar-refractivity contribution < 1.29 is 24.2 Å². The van der Waals surface area contributed by atoms with E-state index in [9.17, 15) is 9.59 Å². The minimum atomic E-state index is -0.833. The van der Waals surface area contributed by atoms with Crippen LogP contribution in [0.25, 0.3) is 0 Å². The number of carboxylic acid groups (broad SMARTS) is 1. The molecule has 2 saturated carbocycles. The van der Waals surface area contributed by atoms with Gasteiger partial charge in [0.05, 0.1) is 7.11 Å². The van der Waals surface area contributed by atoms with Crippen molar-refractivity contribution >= 4 is 23.7 Å². The van der Waals surface area contributed by atoms with Crippen LogP contribution in [0.5, 0.6) is 0 Å². The molecule has 2 aliphatic carbocycles. The van der Waals surface area contributed by atoms with Gasteiger partial charge < -0.3 is 20.9 Å². The molecule has 5 N–H and O–H groups in total. The predicted molar refractivity (Wildman–Crippen MR) is 135 cm³/mol.